The van der Waals surface area contributed by atoms with E-state index in [2.05, 4.69) is 20.9 Å². The van der Waals surface area contributed by atoms with Gasteiger partial charge in [-0.2, -0.15) is 0 Å². The summed E-state index contributed by atoms with van der Waals surface area (Å²) in [6.45, 7) is 1.02. The summed E-state index contributed by atoms with van der Waals surface area (Å²) in [5.74, 6) is 0.904. The first-order valence-electron chi connectivity index (χ1n) is 9.13. The van der Waals surface area contributed by atoms with E-state index in [4.69, 9.17) is 9.47 Å². The van der Waals surface area contributed by atoms with Crippen LogP contribution in [0.4, 0.5) is 0 Å². The van der Waals surface area contributed by atoms with E-state index in [1.807, 2.05) is 6.07 Å². The summed E-state index contributed by atoms with van der Waals surface area (Å²) in [7, 11) is 3.15. The summed E-state index contributed by atoms with van der Waals surface area (Å²) in [6, 6.07) is 7.20. The fourth-order valence-electron chi connectivity index (χ4n) is 3.14. The first-order valence-corrected chi connectivity index (χ1v) is 9.92. The molecule has 1 aromatic carbocycles. The van der Waals surface area contributed by atoms with Gasteiger partial charge in [-0.3, -0.25) is 19.6 Å². The summed E-state index contributed by atoms with van der Waals surface area (Å²) in [6.07, 6.45) is 7.36. The van der Waals surface area contributed by atoms with Crippen LogP contribution in [0.15, 0.2) is 47.2 Å². The molecular formula is C21H22BrN3O4. The Bertz CT molecular complexity index is 932. The number of hydrogen-bond acceptors (Lipinski definition) is 5. The maximum atomic E-state index is 12.7. The molecule has 0 saturated carbocycles. The number of hydrogen-bond donors (Lipinski definition) is 0. The van der Waals surface area contributed by atoms with Gasteiger partial charge in [0.05, 0.1) is 20.6 Å². The number of amides is 2. The van der Waals surface area contributed by atoms with Crippen LogP contribution in [0.2, 0.25) is 0 Å². The Morgan fingerprint density at radius 1 is 1.14 bits per heavy atom. The highest BCUT2D eigenvalue weighted by molar-refractivity contribution is 9.10. The van der Waals surface area contributed by atoms with Gasteiger partial charge < -0.3 is 9.47 Å². The van der Waals surface area contributed by atoms with Crippen LogP contribution < -0.4 is 9.47 Å². The first-order chi connectivity index (χ1) is 14.0. The molecule has 1 aliphatic heterocycles. The van der Waals surface area contributed by atoms with E-state index in [-0.39, 0.29) is 18.2 Å². The monoisotopic (exact) mass is 459 g/mol. The second kappa shape index (κ2) is 9.56. The zero-order valence-electron chi connectivity index (χ0n) is 16.3. The Labute approximate surface area is 178 Å². The predicted octanol–water partition coefficient (Wildman–Crippen LogP) is 3.09. The van der Waals surface area contributed by atoms with Crippen LogP contribution in [0.25, 0.3) is 6.08 Å². The van der Waals surface area contributed by atoms with Crippen LogP contribution in [-0.2, 0) is 16.0 Å². The standard InChI is InChI=1S/C21H22BrN3O4/c1-28-18-5-6-19(29-2)16(12-18)4-7-20(26)24-8-3-9-25(24)21(27)11-15-10-17(22)14-23-13-15/h4-7,10,12-14H,3,8-9,11H2,1-2H3/b7-4+. The lowest BCUT2D eigenvalue weighted by Gasteiger charge is -2.27. The first kappa shape index (κ1) is 20.9. The Balaban J connectivity index is 1.71. The van der Waals surface area contributed by atoms with Gasteiger partial charge in [-0.1, -0.05) is 0 Å². The molecule has 1 aromatic heterocycles. The number of hydrazine groups is 1. The molecule has 3 rings (SSSR count). The maximum absolute atomic E-state index is 12.7. The Morgan fingerprint density at radius 3 is 2.66 bits per heavy atom. The zero-order valence-corrected chi connectivity index (χ0v) is 17.9. The second-order valence-electron chi connectivity index (χ2n) is 6.46. The summed E-state index contributed by atoms with van der Waals surface area (Å²) in [4.78, 5) is 29.6. The van der Waals surface area contributed by atoms with E-state index in [0.29, 0.717) is 24.6 Å². The van der Waals surface area contributed by atoms with Gasteiger partial charge in [0.2, 0.25) is 5.91 Å². The molecule has 0 N–H and O–H groups in total. The van der Waals surface area contributed by atoms with Gasteiger partial charge in [0, 0.05) is 41.6 Å². The number of methoxy groups -OCH3 is 2. The number of nitrogens with zero attached hydrogens (tertiary/aromatic N) is 3. The van der Waals surface area contributed by atoms with Gasteiger partial charge in [0.25, 0.3) is 5.91 Å². The topological polar surface area (TPSA) is 72.0 Å². The van der Waals surface area contributed by atoms with Crippen LogP contribution >= 0.6 is 15.9 Å². The molecule has 1 fully saturated rings. The third kappa shape index (κ3) is 5.14. The molecule has 0 atom stereocenters. The second-order valence-corrected chi connectivity index (χ2v) is 7.38. The van der Waals surface area contributed by atoms with E-state index in [9.17, 15) is 9.59 Å². The molecule has 0 bridgehead atoms. The smallest absolute Gasteiger partial charge is 0.265 e. The number of halogens is 1. The summed E-state index contributed by atoms with van der Waals surface area (Å²) in [5.41, 5.74) is 1.51. The van der Waals surface area contributed by atoms with Crippen LogP contribution in [0.1, 0.15) is 17.5 Å². The molecule has 0 aliphatic carbocycles. The van der Waals surface area contributed by atoms with Gasteiger partial charge in [-0.15, -0.1) is 0 Å². The average molecular weight is 460 g/mol. The van der Waals surface area contributed by atoms with Gasteiger partial charge in [-0.25, -0.2) is 5.01 Å². The lowest BCUT2D eigenvalue weighted by Crippen LogP contribution is -2.44. The molecule has 2 amide bonds. The van der Waals surface area contributed by atoms with Crippen LogP contribution in [0.3, 0.4) is 0 Å². The lowest BCUT2D eigenvalue weighted by atomic mass is 10.1. The molecule has 1 saturated heterocycles. The lowest BCUT2D eigenvalue weighted by molar-refractivity contribution is -0.154. The van der Waals surface area contributed by atoms with Crippen molar-refractivity contribution in [2.75, 3.05) is 27.3 Å². The summed E-state index contributed by atoms with van der Waals surface area (Å²) >= 11 is 3.36. The molecule has 7 nitrogen and oxygen atoms in total. The number of rotatable bonds is 6. The van der Waals surface area contributed by atoms with Crippen molar-refractivity contribution < 1.29 is 19.1 Å². The minimum absolute atomic E-state index is 0.136. The van der Waals surface area contributed by atoms with E-state index in [0.717, 1.165) is 22.0 Å². The average Bonchev–Trinajstić information content (AvgIpc) is 3.22. The van der Waals surface area contributed by atoms with Crippen molar-refractivity contribution in [2.45, 2.75) is 12.8 Å². The zero-order chi connectivity index (χ0) is 20.8. The Hall–Kier alpha value is -2.87. The van der Waals surface area contributed by atoms with Crippen molar-refractivity contribution in [3.8, 4) is 11.5 Å². The Morgan fingerprint density at radius 2 is 1.93 bits per heavy atom. The highest BCUT2D eigenvalue weighted by Gasteiger charge is 2.29. The van der Waals surface area contributed by atoms with E-state index >= 15 is 0 Å². The molecule has 2 heterocycles. The van der Waals surface area contributed by atoms with Crippen LogP contribution in [0, 0.1) is 0 Å². The van der Waals surface area contributed by atoms with Gasteiger partial charge in [0.1, 0.15) is 11.5 Å². The minimum Gasteiger partial charge on any atom is -0.497 e. The third-order valence-electron chi connectivity index (χ3n) is 4.53. The molecule has 2 aromatic rings. The maximum Gasteiger partial charge on any atom is 0.265 e. The number of ether oxygens (including phenoxy) is 2. The minimum atomic E-state index is -0.256. The van der Waals surface area contributed by atoms with Crippen molar-refractivity contribution in [2.24, 2.45) is 0 Å². The SMILES string of the molecule is COc1ccc(OC)c(/C=C/C(=O)N2CCCN2C(=O)Cc2cncc(Br)c2)c1. The van der Waals surface area contributed by atoms with Crippen molar-refractivity contribution in [1.82, 2.24) is 15.0 Å². The van der Waals surface area contributed by atoms with Crippen LogP contribution in [-0.4, -0.2) is 54.1 Å². The van der Waals surface area contributed by atoms with Gasteiger partial charge in [-0.05, 0) is 58.3 Å². The van der Waals surface area contributed by atoms with E-state index in [1.165, 1.54) is 16.1 Å². The number of carbonyl (C=O) groups is 2. The van der Waals surface area contributed by atoms with E-state index in [1.54, 1.807) is 50.9 Å². The molecular weight excluding hydrogens is 438 g/mol. The number of benzene rings is 1. The summed E-state index contributed by atoms with van der Waals surface area (Å²) < 4.78 is 11.4. The predicted molar refractivity (Wildman–Crippen MR) is 112 cm³/mol. The molecule has 152 valence electrons. The number of carbonyl (C=O) groups excluding carboxylic acids is 2. The number of aromatic nitrogens is 1. The van der Waals surface area contributed by atoms with Crippen molar-refractivity contribution in [3.63, 3.8) is 0 Å². The van der Waals surface area contributed by atoms with Crippen LogP contribution in [0.5, 0.6) is 11.5 Å². The van der Waals surface area contributed by atoms with Gasteiger partial charge in [0.15, 0.2) is 0 Å². The van der Waals surface area contributed by atoms with Crippen molar-refractivity contribution in [3.05, 3.63) is 58.3 Å². The fraction of sp³-hybridized carbons (Fsp3) is 0.286. The van der Waals surface area contributed by atoms with Gasteiger partial charge >= 0.3 is 0 Å². The normalized spacial score (nSPS) is 13.8. The number of pyridine rings is 1. The highest BCUT2D eigenvalue weighted by atomic mass is 79.9. The Kier molecular flexibility index (Phi) is 6.87. The third-order valence-corrected chi connectivity index (χ3v) is 4.97. The van der Waals surface area contributed by atoms with Crippen molar-refractivity contribution in [1.29, 1.82) is 0 Å². The van der Waals surface area contributed by atoms with Crippen molar-refractivity contribution >= 4 is 33.8 Å². The molecule has 0 spiro atoms. The summed E-state index contributed by atoms with van der Waals surface area (Å²) in [5, 5.41) is 2.99. The quantitative estimate of drug-likeness (QED) is 0.620. The fourth-order valence-corrected chi connectivity index (χ4v) is 3.55. The molecule has 1 aliphatic rings. The molecule has 8 heteroatoms. The van der Waals surface area contributed by atoms with E-state index < -0.39 is 0 Å². The molecule has 29 heavy (non-hydrogen) atoms. The highest BCUT2D eigenvalue weighted by Crippen LogP contribution is 2.25. The largest absolute Gasteiger partial charge is 0.497 e. The molecule has 0 radical (unpaired) electrons. The molecule has 0 unspecified atom stereocenters.